The monoisotopic (exact) mass is 645 g/mol. The highest BCUT2D eigenvalue weighted by Gasteiger charge is 2.38. The Hall–Kier alpha value is -5.35. The van der Waals surface area contributed by atoms with Gasteiger partial charge in [-0.2, -0.15) is 26.3 Å². The molecular formula is C28H29F6N5O6. The number of aromatic nitrogens is 1. The van der Waals surface area contributed by atoms with E-state index in [4.69, 9.17) is 46.8 Å². The van der Waals surface area contributed by atoms with Crippen molar-refractivity contribution in [1.29, 1.82) is 10.8 Å². The van der Waals surface area contributed by atoms with E-state index < -0.39 is 24.3 Å². The van der Waals surface area contributed by atoms with Gasteiger partial charge in [0.05, 0.1) is 11.7 Å². The van der Waals surface area contributed by atoms with Gasteiger partial charge in [-0.1, -0.05) is 42.5 Å². The lowest BCUT2D eigenvalue weighted by Gasteiger charge is -2.09. The van der Waals surface area contributed by atoms with E-state index in [0.29, 0.717) is 29.7 Å². The molecule has 1 heterocycles. The second-order valence-electron chi connectivity index (χ2n) is 9.33. The molecule has 0 aliphatic rings. The smallest absolute Gasteiger partial charge is 0.475 e. The second kappa shape index (κ2) is 15.9. The zero-order chi connectivity index (χ0) is 34.7. The van der Waals surface area contributed by atoms with Gasteiger partial charge in [0.2, 0.25) is 0 Å². The number of amidine groups is 2. The largest absolute Gasteiger partial charge is 0.490 e. The first-order valence-corrected chi connectivity index (χ1v) is 12.5. The fourth-order valence-electron chi connectivity index (χ4n) is 3.32. The topological polar surface area (TPSA) is 206 Å². The molecule has 3 rings (SSSR count). The minimum Gasteiger partial charge on any atom is -0.475 e. The zero-order valence-corrected chi connectivity index (χ0v) is 23.7. The van der Waals surface area contributed by atoms with Crippen LogP contribution in [-0.4, -0.2) is 62.8 Å². The molecule has 0 spiro atoms. The molecule has 0 saturated carbocycles. The number of hydrogen-bond acceptors (Lipinski definition) is 6. The van der Waals surface area contributed by atoms with Gasteiger partial charge < -0.3 is 31.0 Å². The van der Waals surface area contributed by atoms with E-state index in [1.807, 2.05) is 67.1 Å². The lowest BCUT2D eigenvalue weighted by atomic mass is 10.0. The Morgan fingerprint density at radius 2 is 1.31 bits per heavy atom. The molecule has 0 fully saturated rings. The quantitative estimate of drug-likeness (QED) is 0.0886. The molecule has 0 atom stereocenters. The molecule has 0 saturated heterocycles. The van der Waals surface area contributed by atoms with Crippen LogP contribution in [0.25, 0.3) is 0 Å². The number of benzene rings is 2. The average Bonchev–Trinajstić information content (AvgIpc) is 3.30. The minimum absolute atomic E-state index is 0.00729. The average molecular weight is 646 g/mol. The summed E-state index contributed by atoms with van der Waals surface area (Å²) in [7, 11) is 0. The number of nitrogens with two attached hydrogens (primary N) is 2. The molecular weight excluding hydrogens is 616 g/mol. The van der Waals surface area contributed by atoms with Crippen LogP contribution in [0, 0.1) is 10.8 Å². The van der Waals surface area contributed by atoms with Crippen molar-refractivity contribution in [3.63, 3.8) is 0 Å². The Morgan fingerprint density at radius 1 is 0.822 bits per heavy atom. The van der Waals surface area contributed by atoms with Crippen LogP contribution in [-0.2, 0) is 27.3 Å². The molecule has 0 aliphatic heterocycles. The van der Waals surface area contributed by atoms with E-state index in [2.05, 4.69) is 0 Å². The fraction of sp³-hybridized carbons (Fsp3) is 0.250. The molecule has 244 valence electrons. The van der Waals surface area contributed by atoms with Crippen LogP contribution in [0.4, 0.5) is 26.3 Å². The van der Waals surface area contributed by atoms with Gasteiger partial charge in [0.1, 0.15) is 11.7 Å². The van der Waals surface area contributed by atoms with Crippen LogP contribution in [0.1, 0.15) is 52.0 Å². The predicted octanol–water partition coefficient (Wildman–Crippen LogP) is 4.53. The third-order valence-electron chi connectivity index (χ3n) is 5.27. The van der Waals surface area contributed by atoms with Gasteiger partial charge >= 0.3 is 30.3 Å². The van der Waals surface area contributed by atoms with Crippen molar-refractivity contribution < 1.29 is 55.7 Å². The number of carbonyl (C=O) groups excluding carboxylic acids is 1. The number of esters is 1. The Labute approximate surface area is 252 Å². The third kappa shape index (κ3) is 13.2. The van der Waals surface area contributed by atoms with E-state index in [-0.39, 0.29) is 23.7 Å². The maximum absolute atomic E-state index is 12.7. The highest BCUT2D eigenvalue weighted by atomic mass is 19.4. The number of nitrogens with zero attached hydrogens (tertiary/aromatic N) is 1. The molecule has 11 nitrogen and oxygen atoms in total. The number of aliphatic carboxylic acids is 2. The highest BCUT2D eigenvalue weighted by Crippen LogP contribution is 2.20. The summed E-state index contributed by atoms with van der Waals surface area (Å²) in [5.41, 5.74) is 15.8. The van der Waals surface area contributed by atoms with Crippen LogP contribution in [0.3, 0.4) is 0 Å². The zero-order valence-electron chi connectivity index (χ0n) is 23.7. The van der Waals surface area contributed by atoms with Crippen LogP contribution in [0.5, 0.6) is 0 Å². The number of halogens is 6. The SMILES string of the molecule is CC(C)OC(=O)c1cn(Cc2ccc(C(=N)N)cc2)cc1Cc1cccc(C(=N)N)c1.O=C(O)C(F)(F)F.O=C(O)C(F)(F)F. The maximum Gasteiger partial charge on any atom is 0.490 e. The fourth-order valence-corrected chi connectivity index (χ4v) is 3.32. The standard InChI is InChI=1S/C24H27N5O2.2C2HF3O2/c1-15(2)31-24(30)21-14-29(12-16-6-8-18(9-7-16)22(25)26)13-20(21)11-17-4-3-5-19(10-17)23(27)28;2*3-2(4,5)1(6)7/h3-10,13-15H,11-12H2,1-2H3,(H3,25,26)(H3,27,28);2*(H,6,7). The molecule has 0 bridgehead atoms. The molecule has 1 aromatic heterocycles. The van der Waals surface area contributed by atoms with Crippen molar-refractivity contribution >= 4 is 29.6 Å². The molecule has 17 heteroatoms. The van der Waals surface area contributed by atoms with Crippen LogP contribution in [0.15, 0.2) is 60.9 Å². The molecule has 0 radical (unpaired) electrons. The summed E-state index contributed by atoms with van der Waals surface area (Å²) in [5.74, 6) is -5.84. The number of carboxylic acids is 2. The minimum atomic E-state index is -5.08. The summed E-state index contributed by atoms with van der Waals surface area (Å²) >= 11 is 0. The Bertz CT molecular complexity index is 1490. The number of rotatable bonds is 8. The van der Waals surface area contributed by atoms with Crippen molar-refractivity contribution in [2.75, 3.05) is 0 Å². The molecule has 0 unspecified atom stereocenters. The summed E-state index contributed by atoms with van der Waals surface area (Å²) in [6.45, 7) is 4.20. The number of alkyl halides is 6. The van der Waals surface area contributed by atoms with Gasteiger partial charge in [-0.15, -0.1) is 0 Å². The third-order valence-corrected chi connectivity index (χ3v) is 5.27. The molecule has 0 amide bonds. The van der Waals surface area contributed by atoms with E-state index in [0.717, 1.165) is 16.7 Å². The van der Waals surface area contributed by atoms with Gasteiger partial charge in [0, 0.05) is 30.1 Å². The van der Waals surface area contributed by atoms with Gasteiger partial charge in [0.15, 0.2) is 0 Å². The summed E-state index contributed by atoms with van der Waals surface area (Å²) in [5, 5.41) is 29.4. The number of nitrogen functional groups attached to an aromatic ring is 2. The summed E-state index contributed by atoms with van der Waals surface area (Å²) in [4.78, 5) is 30.5. The number of carboxylic acid groups (broad SMARTS) is 2. The number of carbonyl (C=O) groups is 3. The van der Waals surface area contributed by atoms with Crippen LogP contribution < -0.4 is 11.5 Å². The lowest BCUT2D eigenvalue weighted by Crippen LogP contribution is -2.21. The van der Waals surface area contributed by atoms with Crippen LogP contribution in [0.2, 0.25) is 0 Å². The van der Waals surface area contributed by atoms with E-state index in [9.17, 15) is 31.1 Å². The lowest BCUT2D eigenvalue weighted by molar-refractivity contribution is -0.193. The first kappa shape index (κ1) is 37.7. The van der Waals surface area contributed by atoms with Crippen LogP contribution >= 0.6 is 0 Å². The van der Waals surface area contributed by atoms with Gasteiger partial charge in [-0.3, -0.25) is 10.8 Å². The first-order valence-electron chi connectivity index (χ1n) is 12.5. The molecule has 8 N–H and O–H groups in total. The normalized spacial score (nSPS) is 11.0. The molecule has 2 aromatic carbocycles. The van der Waals surface area contributed by atoms with Gasteiger partial charge in [-0.05, 0) is 43.0 Å². The van der Waals surface area contributed by atoms with Crippen molar-refractivity contribution in [2.45, 2.75) is 45.3 Å². The summed E-state index contributed by atoms with van der Waals surface area (Å²) in [6.07, 6.45) is -6.13. The van der Waals surface area contributed by atoms with E-state index in [1.165, 1.54) is 0 Å². The van der Waals surface area contributed by atoms with Crippen molar-refractivity contribution in [1.82, 2.24) is 4.57 Å². The van der Waals surface area contributed by atoms with Crippen molar-refractivity contribution in [3.8, 4) is 0 Å². The Morgan fingerprint density at radius 3 is 1.73 bits per heavy atom. The summed E-state index contributed by atoms with van der Waals surface area (Å²) < 4.78 is 70.9. The van der Waals surface area contributed by atoms with E-state index >= 15 is 0 Å². The highest BCUT2D eigenvalue weighted by molar-refractivity contribution is 5.95. The number of ether oxygens (including phenoxy) is 1. The summed E-state index contributed by atoms with van der Waals surface area (Å²) in [6, 6.07) is 14.9. The first-order chi connectivity index (χ1) is 20.6. The molecule has 0 aliphatic carbocycles. The van der Waals surface area contributed by atoms with Gasteiger partial charge in [0.25, 0.3) is 0 Å². The molecule has 45 heavy (non-hydrogen) atoms. The maximum atomic E-state index is 12.7. The van der Waals surface area contributed by atoms with Gasteiger partial charge in [-0.25, -0.2) is 14.4 Å². The molecule has 3 aromatic rings. The van der Waals surface area contributed by atoms with E-state index in [1.54, 1.807) is 12.3 Å². The Kier molecular flexibility index (Phi) is 13.3. The van der Waals surface area contributed by atoms with Crippen molar-refractivity contribution in [2.24, 2.45) is 11.5 Å². The number of hydrogen-bond donors (Lipinski definition) is 6. The predicted molar refractivity (Wildman–Crippen MR) is 149 cm³/mol. The van der Waals surface area contributed by atoms with Crippen molar-refractivity contribution in [3.05, 3.63) is 94.3 Å². The Balaban J connectivity index is 0.000000601. The number of nitrogens with one attached hydrogen (secondary N) is 2. The second-order valence-corrected chi connectivity index (χ2v) is 9.33.